The average Bonchev–Trinajstić information content (AvgIpc) is 3.01. The van der Waals surface area contributed by atoms with Crippen LogP contribution in [0.5, 0.6) is 0 Å². The number of rotatable bonds is 1. The van der Waals surface area contributed by atoms with Crippen LogP contribution in [0.3, 0.4) is 0 Å². The summed E-state index contributed by atoms with van der Waals surface area (Å²) in [5.41, 5.74) is 3.56. The number of aromatic nitrogens is 1. The lowest BCUT2D eigenvalue weighted by atomic mass is 10.1. The van der Waals surface area contributed by atoms with Crippen molar-refractivity contribution in [2.45, 2.75) is 19.1 Å². The lowest BCUT2D eigenvalue weighted by Crippen LogP contribution is -2.29. The predicted molar refractivity (Wildman–Crippen MR) is 90.8 cm³/mol. The average molecular weight is 289 g/mol. The van der Waals surface area contributed by atoms with E-state index >= 15 is 0 Å². The first-order valence-electron chi connectivity index (χ1n) is 7.43. The van der Waals surface area contributed by atoms with Gasteiger partial charge in [-0.15, -0.1) is 0 Å². The third-order valence-corrected chi connectivity index (χ3v) is 3.54. The van der Waals surface area contributed by atoms with Crippen molar-refractivity contribution >= 4 is 5.71 Å². The maximum atomic E-state index is 4.65. The van der Waals surface area contributed by atoms with Crippen molar-refractivity contribution in [2.24, 2.45) is 4.99 Å². The van der Waals surface area contributed by atoms with Crippen LogP contribution in [-0.4, -0.2) is 16.7 Å². The molecule has 1 N–H and O–H groups in total. The molecule has 1 aliphatic carbocycles. The second kappa shape index (κ2) is 6.96. The van der Waals surface area contributed by atoms with Gasteiger partial charge in [-0.05, 0) is 30.2 Å². The largest absolute Gasteiger partial charge is 0.280 e. The molecule has 0 bridgehead atoms. The van der Waals surface area contributed by atoms with E-state index in [-0.39, 0.29) is 6.17 Å². The Morgan fingerprint density at radius 2 is 1.86 bits per heavy atom. The summed E-state index contributed by atoms with van der Waals surface area (Å²) in [6, 6.07) is 14.6. The Bertz CT molecular complexity index is 687. The summed E-state index contributed by atoms with van der Waals surface area (Å²) >= 11 is 0. The van der Waals surface area contributed by atoms with Crippen molar-refractivity contribution < 1.29 is 0 Å². The molecule has 1 aromatic heterocycles. The van der Waals surface area contributed by atoms with E-state index in [0.717, 1.165) is 5.71 Å². The lowest BCUT2D eigenvalue weighted by molar-refractivity contribution is 0.603. The minimum absolute atomic E-state index is 0.110. The van der Waals surface area contributed by atoms with Crippen molar-refractivity contribution in [2.75, 3.05) is 0 Å². The van der Waals surface area contributed by atoms with Gasteiger partial charge in [0.1, 0.15) is 6.17 Å². The number of nitrogens with one attached hydrogen (secondary N) is 1. The van der Waals surface area contributed by atoms with E-state index in [1.165, 1.54) is 11.1 Å². The van der Waals surface area contributed by atoms with Gasteiger partial charge in [0.25, 0.3) is 0 Å². The van der Waals surface area contributed by atoms with E-state index in [0.29, 0.717) is 6.04 Å². The molecule has 2 aliphatic rings. The van der Waals surface area contributed by atoms with E-state index in [1.807, 2.05) is 49.5 Å². The molecule has 3 heteroatoms. The zero-order valence-corrected chi connectivity index (χ0v) is 12.6. The molecule has 2 heterocycles. The molecule has 0 spiro atoms. The normalized spacial score (nSPS) is 21.6. The van der Waals surface area contributed by atoms with Gasteiger partial charge >= 0.3 is 0 Å². The summed E-state index contributed by atoms with van der Waals surface area (Å²) in [4.78, 5) is 8.53. The number of hydrogen-bond acceptors (Lipinski definition) is 3. The van der Waals surface area contributed by atoms with E-state index in [9.17, 15) is 0 Å². The minimum Gasteiger partial charge on any atom is -0.280 e. The highest BCUT2D eigenvalue weighted by Gasteiger charge is 2.25. The van der Waals surface area contributed by atoms with Gasteiger partial charge in [0, 0.05) is 12.4 Å². The summed E-state index contributed by atoms with van der Waals surface area (Å²) in [5.74, 6) is 0. The molecule has 1 aromatic carbocycles. The summed E-state index contributed by atoms with van der Waals surface area (Å²) in [7, 11) is 0. The Labute approximate surface area is 131 Å². The molecular formula is C19H19N3. The van der Waals surface area contributed by atoms with E-state index in [4.69, 9.17) is 0 Å². The third-order valence-electron chi connectivity index (χ3n) is 3.54. The Kier molecular flexibility index (Phi) is 4.56. The molecule has 2 aromatic rings. The number of hydrogen-bond donors (Lipinski definition) is 1. The Balaban J connectivity index is 0.000000174. The quantitative estimate of drug-likeness (QED) is 0.870. The topological polar surface area (TPSA) is 37.3 Å². The summed E-state index contributed by atoms with van der Waals surface area (Å²) in [6.45, 7) is 2.02. The number of benzene rings is 1. The van der Waals surface area contributed by atoms with Crippen LogP contribution in [0.2, 0.25) is 0 Å². The van der Waals surface area contributed by atoms with Gasteiger partial charge in [0.05, 0.1) is 11.8 Å². The van der Waals surface area contributed by atoms with Crippen molar-refractivity contribution in [3.8, 4) is 0 Å². The fraction of sp³-hybridized carbons (Fsp3) is 0.158. The molecule has 0 amide bonds. The number of aryl methyl sites for hydroxylation is 1. The van der Waals surface area contributed by atoms with Crippen LogP contribution in [0, 0.1) is 6.92 Å². The lowest BCUT2D eigenvalue weighted by Gasteiger charge is -2.11. The predicted octanol–water partition coefficient (Wildman–Crippen LogP) is 3.61. The van der Waals surface area contributed by atoms with E-state index < -0.39 is 0 Å². The molecule has 0 fully saturated rings. The van der Waals surface area contributed by atoms with Gasteiger partial charge in [0.15, 0.2) is 0 Å². The molecular weight excluding hydrogens is 270 g/mol. The molecule has 0 saturated carbocycles. The Morgan fingerprint density at radius 1 is 1.00 bits per heavy atom. The first-order chi connectivity index (χ1) is 10.8. The maximum absolute atomic E-state index is 4.65. The Hall–Kier alpha value is -2.52. The van der Waals surface area contributed by atoms with Gasteiger partial charge < -0.3 is 0 Å². The number of fused-ring (bicyclic) bond motifs is 1. The van der Waals surface area contributed by atoms with Crippen LogP contribution < -0.4 is 5.32 Å². The highest BCUT2D eigenvalue weighted by Crippen LogP contribution is 2.22. The minimum atomic E-state index is 0.110. The molecule has 0 radical (unpaired) electrons. The summed E-state index contributed by atoms with van der Waals surface area (Å²) in [5, 5.41) is 3.47. The molecule has 22 heavy (non-hydrogen) atoms. The smallest absolute Gasteiger partial charge is 0.126 e. The van der Waals surface area contributed by atoms with Crippen LogP contribution in [0.4, 0.5) is 0 Å². The van der Waals surface area contributed by atoms with Gasteiger partial charge in [-0.1, -0.05) is 54.6 Å². The highest BCUT2D eigenvalue weighted by molar-refractivity contribution is 6.03. The number of aliphatic imine (C=N–C) groups is 1. The first kappa shape index (κ1) is 14.4. The maximum Gasteiger partial charge on any atom is 0.126 e. The van der Waals surface area contributed by atoms with Gasteiger partial charge in [-0.3, -0.25) is 15.3 Å². The zero-order chi connectivity index (χ0) is 15.2. The van der Waals surface area contributed by atoms with E-state index in [1.54, 1.807) is 6.20 Å². The molecule has 2 unspecified atom stereocenters. The SMILES string of the molecule is C1=CC2=NC(c3ccccc3)NC2C=C1.Cc1cccnc1. The van der Waals surface area contributed by atoms with Crippen LogP contribution in [0.15, 0.2) is 84.2 Å². The van der Waals surface area contributed by atoms with Crippen LogP contribution in [-0.2, 0) is 0 Å². The van der Waals surface area contributed by atoms with Crippen molar-refractivity contribution in [1.29, 1.82) is 0 Å². The molecule has 1 aliphatic heterocycles. The summed E-state index contributed by atoms with van der Waals surface area (Å²) in [6.07, 6.45) is 12.0. The van der Waals surface area contributed by atoms with E-state index in [2.05, 4.69) is 45.7 Å². The first-order valence-corrected chi connectivity index (χ1v) is 7.43. The van der Waals surface area contributed by atoms with Crippen molar-refractivity contribution in [3.05, 3.63) is 90.3 Å². The molecule has 0 saturated heterocycles. The fourth-order valence-corrected chi connectivity index (χ4v) is 2.41. The molecule has 2 atom stereocenters. The van der Waals surface area contributed by atoms with Crippen LogP contribution in [0.1, 0.15) is 17.3 Å². The monoisotopic (exact) mass is 289 g/mol. The third kappa shape index (κ3) is 3.57. The molecule has 3 nitrogen and oxygen atoms in total. The number of allylic oxidation sites excluding steroid dienone is 2. The van der Waals surface area contributed by atoms with Crippen LogP contribution >= 0.6 is 0 Å². The molecule has 110 valence electrons. The van der Waals surface area contributed by atoms with Crippen molar-refractivity contribution in [1.82, 2.24) is 10.3 Å². The highest BCUT2D eigenvalue weighted by atomic mass is 15.2. The number of pyridine rings is 1. The van der Waals surface area contributed by atoms with Gasteiger partial charge in [0.2, 0.25) is 0 Å². The van der Waals surface area contributed by atoms with Crippen molar-refractivity contribution in [3.63, 3.8) is 0 Å². The zero-order valence-electron chi connectivity index (χ0n) is 12.6. The van der Waals surface area contributed by atoms with Crippen LogP contribution in [0.25, 0.3) is 0 Å². The second-order valence-electron chi connectivity index (χ2n) is 5.29. The number of nitrogens with zero attached hydrogens (tertiary/aromatic N) is 2. The fourth-order valence-electron chi connectivity index (χ4n) is 2.41. The second-order valence-corrected chi connectivity index (χ2v) is 5.29. The van der Waals surface area contributed by atoms with Gasteiger partial charge in [-0.2, -0.15) is 0 Å². The Morgan fingerprint density at radius 3 is 2.50 bits per heavy atom. The standard InChI is InChI=1S/C13H12N2.C6H7N/c1-2-6-10(7-3-1)13-14-11-8-4-5-9-12(11)15-13;1-6-3-2-4-7-5-6/h1-9,11,13-14H;2-5H,1H3. The van der Waals surface area contributed by atoms with Gasteiger partial charge in [-0.25, -0.2) is 0 Å². The summed E-state index contributed by atoms with van der Waals surface area (Å²) < 4.78 is 0. The molecule has 4 rings (SSSR count).